The summed E-state index contributed by atoms with van der Waals surface area (Å²) in [6.07, 6.45) is 2.10. The number of nitrogens with zero attached hydrogens (tertiary/aromatic N) is 2. The first kappa shape index (κ1) is 18.4. The zero-order valence-electron chi connectivity index (χ0n) is 15.6. The molecule has 28 heavy (non-hydrogen) atoms. The van der Waals surface area contributed by atoms with Crippen molar-refractivity contribution in [3.05, 3.63) is 56.8 Å². The van der Waals surface area contributed by atoms with Crippen molar-refractivity contribution >= 4 is 35.8 Å². The summed E-state index contributed by atoms with van der Waals surface area (Å²) in [5, 5.41) is 4.56. The van der Waals surface area contributed by atoms with Crippen molar-refractivity contribution in [3.8, 4) is 0 Å². The Labute approximate surface area is 174 Å². The van der Waals surface area contributed by atoms with Gasteiger partial charge >= 0.3 is 0 Å². The number of imide groups is 1. The number of thiophene rings is 1. The van der Waals surface area contributed by atoms with E-state index in [2.05, 4.69) is 44.8 Å². The van der Waals surface area contributed by atoms with Crippen LogP contribution in [-0.2, 0) is 35.6 Å². The van der Waals surface area contributed by atoms with Crippen molar-refractivity contribution in [1.82, 2.24) is 15.1 Å². The van der Waals surface area contributed by atoms with Gasteiger partial charge in [0.2, 0.25) is 11.8 Å². The van der Waals surface area contributed by atoms with Crippen LogP contribution in [0.15, 0.2) is 29.6 Å². The molecule has 1 saturated heterocycles. The molecule has 5 rings (SSSR count). The number of hydrogen-bond acceptors (Lipinski definition) is 6. The van der Waals surface area contributed by atoms with Crippen LogP contribution in [0.2, 0.25) is 0 Å². The van der Waals surface area contributed by atoms with Crippen LogP contribution in [0.4, 0.5) is 0 Å². The van der Waals surface area contributed by atoms with Crippen LogP contribution in [0, 0.1) is 0 Å². The summed E-state index contributed by atoms with van der Waals surface area (Å²) in [6.45, 7) is 3.77. The Balaban J connectivity index is 1.30. The normalized spacial score (nSPS) is 25.5. The van der Waals surface area contributed by atoms with Gasteiger partial charge in [-0.1, -0.05) is 18.2 Å². The van der Waals surface area contributed by atoms with E-state index in [1.807, 2.05) is 11.3 Å². The molecule has 1 N–H and O–H groups in total. The van der Waals surface area contributed by atoms with Crippen LogP contribution in [0.5, 0.6) is 0 Å². The smallest absolute Gasteiger partial charge is 0.243 e. The fourth-order valence-corrected chi connectivity index (χ4v) is 5.97. The lowest BCUT2D eigenvalue weighted by Gasteiger charge is -2.32. The first-order valence-electron chi connectivity index (χ1n) is 9.75. The van der Waals surface area contributed by atoms with Gasteiger partial charge in [0, 0.05) is 37.5 Å². The molecule has 1 aromatic heterocycles. The summed E-state index contributed by atoms with van der Waals surface area (Å²) in [5.74, 6) is -0.366. The molecule has 1 fully saturated rings. The van der Waals surface area contributed by atoms with E-state index in [1.165, 1.54) is 27.1 Å². The van der Waals surface area contributed by atoms with E-state index >= 15 is 0 Å². The number of hydrogen-bond donors (Lipinski definition) is 2. The van der Waals surface area contributed by atoms with Crippen LogP contribution in [0.1, 0.15) is 45.3 Å². The second-order valence-corrected chi connectivity index (χ2v) is 9.37. The minimum atomic E-state index is -0.282. The molecule has 7 heteroatoms. The fraction of sp³-hybridized carbons (Fsp3) is 0.429. The highest BCUT2D eigenvalue weighted by Crippen LogP contribution is 2.39. The van der Waals surface area contributed by atoms with Crippen molar-refractivity contribution < 1.29 is 9.59 Å². The molecule has 0 radical (unpaired) electrons. The Hall–Kier alpha value is -1.67. The summed E-state index contributed by atoms with van der Waals surface area (Å²) in [6, 6.07) is 8.59. The minimum Gasteiger partial charge on any atom is -0.295 e. The summed E-state index contributed by atoms with van der Waals surface area (Å²) < 4.78 is 0. The maximum absolute atomic E-state index is 12.3. The number of piperidine rings is 1. The molecule has 5 nitrogen and oxygen atoms in total. The molecular weight excluding hydrogens is 390 g/mol. The molecule has 2 atom stereocenters. The van der Waals surface area contributed by atoms with Crippen molar-refractivity contribution in [2.45, 2.75) is 50.3 Å². The van der Waals surface area contributed by atoms with Gasteiger partial charge in [0.15, 0.2) is 0 Å². The van der Waals surface area contributed by atoms with Gasteiger partial charge in [-0.2, -0.15) is 12.6 Å². The largest absolute Gasteiger partial charge is 0.295 e. The van der Waals surface area contributed by atoms with Gasteiger partial charge < -0.3 is 0 Å². The topological polar surface area (TPSA) is 52.7 Å². The highest BCUT2D eigenvalue weighted by atomic mass is 32.1. The summed E-state index contributed by atoms with van der Waals surface area (Å²) in [7, 11) is 0. The van der Waals surface area contributed by atoms with Crippen LogP contribution in [0.25, 0.3) is 0 Å². The van der Waals surface area contributed by atoms with Crippen molar-refractivity contribution in [2.24, 2.45) is 0 Å². The Kier molecular flexibility index (Phi) is 4.79. The molecule has 3 aliphatic rings. The number of carbonyl (C=O) groups is 2. The predicted molar refractivity (Wildman–Crippen MR) is 112 cm³/mol. The molecular formula is C21H23N3O2S2. The van der Waals surface area contributed by atoms with Crippen LogP contribution < -0.4 is 5.32 Å². The Morgan fingerprint density at radius 3 is 2.89 bits per heavy atom. The Bertz CT molecular complexity index is 941. The molecule has 4 heterocycles. The van der Waals surface area contributed by atoms with E-state index in [0.29, 0.717) is 19.4 Å². The van der Waals surface area contributed by atoms with Gasteiger partial charge in [-0.3, -0.25) is 24.7 Å². The second kappa shape index (κ2) is 7.30. The second-order valence-electron chi connectivity index (χ2n) is 7.88. The molecule has 1 aromatic carbocycles. The highest BCUT2D eigenvalue weighted by Gasteiger charge is 2.39. The maximum atomic E-state index is 12.3. The zero-order chi connectivity index (χ0) is 19.3. The average Bonchev–Trinajstić information content (AvgIpc) is 3.26. The standard InChI is InChI=1S/C21H23N3O2S2/c25-19-4-3-17(20(26)22-19)24-12-15-9-13(1-2-16(15)21(24)27)10-23-7-5-18-14(11-23)6-8-28-18/h1-2,6,8-9,17,21,27H,3-5,7,10-12H2,(H,22,25,26). The summed E-state index contributed by atoms with van der Waals surface area (Å²) >= 11 is 6.65. The number of fused-ring (bicyclic) bond motifs is 2. The molecule has 0 aliphatic carbocycles. The molecule has 3 aliphatic heterocycles. The van der Waals surface area contributed by atoms with E-state index in [0.717, 1.165) is 26.1 Å². The molecule has 0 saturated carbocycles. The number of carbonyl (C=O) groups excluding carboxylic acids is 2. The van der Waals surface area contributed by atoms with Gasteiger partial charge in [-0.25, -0.2) is 0 Å². The molecule has 0 spiro atoms. The first-order chi connectivity index (χ1) is 13.6. The van der Waals surface area contributed by atoms with E-state index in [-0.39, 0.29) is 23.2 Å². The molecule has 146 valence electrons. The highest BCUT2D eigenvalue weighted by molar-refractivity contribution is 7.80. The third kappa shape index (κ3) is 3.30. The lowest BCUT2D eigenvalue weighted by Crippen LogP contribution is -2.51. The van der Waals surface area contributed by atoms with Gasteiger partial charge in [-0.15, -0.1) is 11.3 Å². The lowest BCUT2D eigenvalue weighted by atomic mass is 10.0. The molecule has 2 unspecified atom stereocenters. The number of nitrogens with one attached hydrogen (secondary N) is 1. The van der Waals surface area contributed by atoms with Gasteiger partial charge in [-0.05, 0) is 46.5 Å². The summed E-state index contributed by atoms with van der Waals surface area (Å²) in [5.41, 5.74) is 5.20. The van der Waals surface area contributed by atoms with Crippen molar-refractivity contribution in [1.29, 1.82) is 0 Å². The van der Waals surface area contributed by atoms with Crippen LogP contribution in [-0.4, -0.2) is 34.2 Å². The van der Waals surface area contributed by atoms with Crippen molar-refractivity contribution in [3.63, 3.8) is 0 Å². The number of amides is 2. The molecule has 2 aromatic rings. The maximum Gasteiger partial charge on any atom is 0.243 e. The Morgan fingerprint density at radius 2 is 2.04 bits per heavy atom. The monoisotopic (exact) mass is 413 g/mol. The van der Waals surface area contributed by atoms with Gasteiger partial charge in [0.1, 0.15) is 0 Å². The lowest BCUT2D eigenvalue weighted by molar-refractivity contribution is -0.137. The average molecular weight is 414 g/mol. The first-order valence-corrected chi connectivity index (χ1v) is 11.1. The van der Waals surface area contributed by atoms with Crippen LogP contribution in [0.3, 0.4) is 0 Å². The van der Waals surface area contributed by atoms with Crippen molar-refractivity contribution in [2.75, 3.05) is 6.54 Å². The molecule has 2 amide bonds. The quantitative estimate of drug-likeness (QED) is 0.600. The van der Waals surface area contributed by atoms with Gasteiger partial charge in [0.25, 0.3) is 0 Å². The van der Waals surface area contributed by atoms with E-state index < -0.39 is 0 Å². The zero-order valence-corrected chi connectivity index (χ0v) is 17.3. The number of rotatable bonds is 3. The van der Waals surface area contributed by atoms with E-state index in [1.54, 1.807) is 0 Å². The number of thiol groups is 1. The third-order valence-electron chi connectivity index (χ3n) is 6.06. The van der Waals surface area contributed by atoms with Crippen LogP contribution >= 0.6 is 24.0 Å². The SMILES string of the molecule is O=C1CCC(N2Cc3cc(CN4CCc5sccc5C4)ccc3C2S)C(=O)N1. The fourth-order valence-electron chi connectivity index (χ4n) is 4.59. The minimum absolute atomic E-state index is 0.101. The third-order valence-corrected chi connectivity index (χ3v) is 7.65. The Morgan fingerprint density at radius 1 is 1.14 bits per heavy atom. The summed E-state index contributed by atoms with van der Waals surface area (Å²) in [4.78, 5) is 29.9. The number of benzene rings is 1. The van der Waals surface area contributed by atoms with E-state index in [9.17, 15) is 9.59 Å². The van der Waals surface area contributed by atoms with E-state index in [4.69, 9.17) is 12.6 Å². The predicted octanol–water partition coefficient (Wildman–Crippen LogP) is 2.86. The van der Waals surface area contributed by atoms with Gasteiger partial charge in [0.05, 0.1) is 11.4 Å². The molecule has 0 bridgehead atoms.